The molecule has 2 aromatic carbocycles. The molecule has 2 heterocycles. The number of ether oxygens (including phenoxy) is 1. The first-order valence-electron chi connectivity index (χ1n) is 9.71. The summed E-state index contributed by atoms with van der Waals surface area (Å²) in [4.78, 5) is 28.1. The molecule has 1 aliphatic heterocycles. The van der Waals surface area contributed by atoms with Crippen LogP contribution in [0.25, 0.3) is 10.9 Å². The second-order valence-corrected chi connectivity index (χ2v) is 7.42. The van der Waals surface area contributed by atoms with Gasteiger partial charge in [-0.3, -0.25) is 9.59 Å². The molecule has 1 N–H and O–H groups in total. The summed E-state index contributed by atoms with van der Waals surface area (Å²) in [6.07, 6.45) is 2.03. The van der Waals surface area contributed by atoms with Gasteiger partial charge >= 0.3 is 0 Å². The molecule has 0 spiro atoms. The van der Waals surface area contributed by atoms with Crippen LogP contribution in [0, 0.1) is 0 Å². The first-order chi connectivity index (χ1) is 14.0. The molecule has 0 fully saturated rings. The molecule has 150 valence electrons. The van der Waals surface area contributed by atoms with E-state index >= 15 is 0 Å². The summed E-state index contributed by atoms with van der Waals surface area (Å²) in [6.45, 7) is 0.863. The number of hydrogen-bond donors (Lipinski definition) is 1. The van der Waals surface area contributed by atoms with E-state index in [1.54, 1.807) is 25.1 Å². The fourth-order valence-corrected chi connectivity index (χ4v) is 4.34. The lowest BCUT2D eigenvalue weighted by atomic mass is 9.79. The van der Waals surface area contributed by atoms with Gasteiger partial charge in [-0.1, -0.05) is 36.4 Å². The van der Waals surface area contributed by atoms with Crippen molar-refractivity contribution in [3.63, 3.8) is 0 Å². The molecule has 29 heavy (non-hydrogen) atoms. The van der Waals surface area contributed by atoms with Crippen LogP contribution in [0.2, 0.25) is 0 Å². The van der Waals surface area contributed by atoms with Gasteiger partial charge in [0.15, 0.2) is 0 Å². The number of fused-ring (bicyclic) bond motifs is 2. The van der Waals surface area contributed by atoms with E-state index in [1.165, 1.54) is 0 Å². The van der Waals surface area contributed by atoms with E-state index in [-0.39, 0.29) is 11.8 Å². The lowest BCUT2D eigenvalue weighted by Crippen LogP contribution is -2.46. The third kappa shape index (κ3) is 3.19. The van der Waals surface area contributed by atoms with Crippen LogP contribution in [0.5, 0.6) is 0 Å². The number of carbonyl (C=O) groups excluding carboxylic acids is 2. The number of methoxy groups -OCH3 is 1. The molecule has 1 aliphatic rings. The van der Waals surface area contributed by atoms with Crippen LogP contribution in [0.15, 0.2) is 54.7 Å². The Kier molecular flexibility index (Phi) is 5.11. The maximum absolute atomic E-state index is 13.3. The van der Waals surface area contributed by atoms with E-state index in [9.17, 15) is 9.59 Å². The van der Waals surface area contributed by atoms with Crippen molar-refractivity contribution in [3.05, 3.63) is 71.4 Å². The van der Waals surface area contributed by atoms with Crippen LogP contribution in [-0.4, -0.2) is 48.6 Å². The van der Waals surface area contributed by atoms with Crippen LogP contribution in [-0.2, 0) is 16.6 Å². The lowest BCUT2D eigenvalue weighted by Gasteiger charge is -2.39. The Morgan fingerprint density at radius 1 is 1.07 bits per heavy atom. The Balaban J connectivity index is 1.87. The summed E-state index contributed by atoms with van der Waals surface area (Å²) in [5, 5.41) is 4.03. The lowest BCUT2D eigenvalue weighted by molar-refractivity contribution is -0.124. The Morgan fingerprint density at radius 3 is 2.59 bits per heavy atom. The van der Waals surface area contributed by atoms with Crippen LogP contribution in [0.4, 0.5) is 0 Å². The van der Waals surface area contributed by atoms with E-state index in [0.717, 1.165) is 22.0 Å². The van der Waals surface area contributed by atoms with Crippen molar-refractivity contribution >= 4 is 22.7 Å². The highest BCUT2D eigenvalue weighted by molar-refractivity contribution is 6.02. The van der Waals surface area contributed by atoms with Crippen molar-refractivity contribution in [1.29, 1.82) is 0 Å². The van der Waals surface area contributed by atoms with Crippen LogP contribution in [0.1, 0.15) is 33.4 Å². The van der Waals surface area contributed by atoms with Gasteiger partial charge in [0.1, 0.15) is 0 Å². The molecule has 0 bridgehead atoms. The van der Waals surface area contributed by atoms with E-state index < -0.39 is 12.0 Å². The Hall–Kier alpha value is -3.12. The normalized spacial score (nSPS) is 18.7. The zero-order valence-electron chi connectivity index (χ0n) is 16.9. The molecule has 0 saturated carbocycles. The van der Waals surface area contributed by atoms with Gasteiger partial charge in [-0.2, -0.15) is 0 Å². The second kappa shape index (κ2) is 7.72. The third-order valence-corrected chi connectivity index (χ3v) is 5.71. The molecule has 6 heteroatoms. The molecule has 1 aromatic heterocycles. The van der Waals surface area contributed by atoms with Crippen molar-refractivity contribution in [2.24, 2.45) is 7.05 Å². The maximum Gasteiger partial charge on any atom is 0.254 e. The summed E-state index contributed by atoms with van der Waals surface area (Å²) in [6, 6.07) is 15.1. The fourth-order valence-electron chi connectivity index (χ4n) is 4.34. The summed E-state index contributed by atoms with van der Waals surface area (Å²) in [7, 11) is 5.37. The number of para-hydroxylation sites is 1. The number of amides is 2. The van der Waals surface area contributed by atoms with Gasteiger partial charge in [0.05, 0.1) is 18.6 Å². The highest BCUT2D eigenvalue weighted by Crippen LogP contribution is 2.44. The van der Waals surface area contributed by atoms with E-state index in [4.69, 9.17) is 4.74 Å². The maximum atomic E-state index is 13.3. The van der Waals surface area contributed by atoms with Gasteiger partial charge < -0.3 is 19.5 Å². The van der Waals surface area contributed by atoms with Gasteiger partial charge in [0.2, 0.25) is 5.91 Å². The van der Waals surface area contributed by atoms with Crippen LogP contribution < -0.4 is 5.32 Å². The Bertz CT molecular complexity index is 1070. The largest absolute Gasteiger partial charge is 0.383 e. The number of benzene rings is 2. The summed E-state index contributed by atoms with van der Waals surface area (Å²) in [5.74, 6) is -0.678. The average Bonchev–Trinajstić information content (AvgIpc) is 3.07. The molecule has 4 rings (SSSR count). The molecular weight excluding hydrogens is 366 g/mol. The minimum absolute atomic E-state index is 0.0699. The van der Waals surface area contributed by atoms with Gasteiger partial charge in [-0.05, 0) is 17.7 Å². The van der Waals surface area contributed by atoms with Crippen LogP contribution in [0.3, 0.4) is 0 Å². The number of nitrogens with one attached hydrogen (secondary N) is 1. The number of aromatic nitrogens is 1. The molecule has 0 aliphatic carbocycles. The zero-order chi connectivity index (χ0) is 20.5. The van der Waals surface area contributed by atoms with Gasteiger partial charge in [0, 0.05) is 56.0 Å². The van der Waals surface area contributed by atoms with E-state index in [2.05, 4.69) is 5.32 Å². The smallest absolute Gasteiger partial charge is 0.254 e. The molecule has 3 aromatic rings. The quantitative estimate of drug-likeness (QED) is 0.681. The minimum Gasteiger partial charge on any atom is -0.383 e. The molecule has 0 radical (unpaired) electrons. The van der Waals surface area contributed by atoms with Crippen molar-refractivity contribution in [1.82, 2.24) is 14.8 Å². The van der Waals surface area contributed by atoms with Crippen molar-refractivity contribution in [2.45, 2.75) is 12.0 Å². The molecular formula is C23H25N3O3. The third-order valence-electron chi connectivity index (χ3n) is 5.71. The predicted molar refractivity (Wildman–Crippen MR) is 112 cm³/mol. The van der Waals surface area contributed by atoms with Gasteiger partial charge in [-0.15, -0.1) is 0 Å². The number of likely N-dealkylation sites (N-methyl/N-ethyl adjacent to an activating group) is 1. The van der Waals surface area contributed by atoms with Crippen molar-refractivity contribution in [2.75, 3.05) is 27.3 Å². The summed E-state index contributed by atoms with van der Waals surface area (Å²) < 4.78 is 7.12. The number of hydrogen-bond acceptors (Lipinski definition) is 3. The molecule has 2 unspecified atom stereocenters. The van der Waals surface area contributed by atoms with Crippen LogP contribution >= 0.6 is 0 Å². The number of nitrogens with zero attached hydrogens (tertiary/aromatic N) is 2. The Labute approximate surface area is 170 Å². The number of carbonyl (C=O) groups is 2. The van der Waals surface area contributed by atoms with E-state index in [1.807, 2.05) is 60.3 Å². The first kappa shape index (κ1) is 19.2. The first-order valence-corrected chi connectivity index (χ1v) is 9.71. The highest BCUT2D eigenvalue weighted by Gasteiger charge is 2.43. The molecule has 0 saturated heterocycles. The molecule has 2 atom stereocenters. The average molecular weight is 391 g/mol. The zero-order valence-corrected chi connectivity index (χ0v) is 16.9. The summed E-state index contributed by atoms with van der Waals surface area (Å²) >= 11 is 0. The highest BCUT2D eigenvalue weighted by atomic mass is 16.5. The summed E-state index contributed by atoms with van der Waals surface area (Å²) in [5.41, 5.74) is 3.39. The molecule has 2 amide bonds. The number of rotatable bonds is 5. The topological polar surface area (TPSA) is 63.6 Å². The minimum atomic E-state index is -0.503. The Morgan fingerprint density at radius 2 is 1.79 bits per heavy atom. The monoisotopic (exact) mass is 391 g/mol. The van der Waals surface area contributed by atoms with Crippen molar-refractivity contribution in [3.8, 4) is 0 Å². The standard InChI is InChI=1S/C23H25N3O3/c1-25-14-18(15-8-6-7-11-19(15)25)21-20(22(27)24-12-13-29-3)16-9-4-5-10-17(16)23(28)26(21)2/h4-11,14,20-21H,12-13H2,1-3H3,(H,24,27). The van der Waals surface area contributed by atoms with E-state index in [0.29, 0.717) is 18.7 Å². The predicted octanol–water partition coefficient (Wildman–Crippen LogP) is 2.85. The molecule has 6 nitrogen and oxygen atoms in total. The fraction of sp³-hybridized carbons (Fsp3) is 0.304. The number of aryl methyl sites for hydroxylation is 1. The van der Waals surface area contributed by atoms with Gasteiger partial charge in [0.25, 0.3) is 5.91 Å². The van der Waals surface area contributed by atoms with Gasteiger partial charge in [-0.25, -0.2) is 0 Å². The SMILES string of the molecule is COCCNC(=O)C1c2ccccc2C(=O)N(C)C1c1cn(C)c2ccccc12. The second-order valence-electron chi connectivity index (χ2n) is 7.42. The van der Waals surface area contributed by atoms with Crippen molar-refractivity contribution < 1.29 is 14.3 Å².